The molecule has 0 aliphatic carbocycles. The summed E-state index contributed by atoms with van der Waals surface area (Å²) < 4.78 is 35.7. The average Bonchev–Trinajstić information content (AvgIpc) is 2.63. The molecule has 0 aromatic heterocycles. The Morgan fingerprint density at radius 3 is 2.31 bits per heavy atom. The van der Waals surface area contributed by atoms with Crippen LogP contribution in [0.15, 0.2) is 23.2 Å². The molecule has 0 amide bonds. The predicted molar refractivity (Wildman–Crippen MR) is 115 cm³/mol. The third-order valence-electron chi connectivity index (χ3n) is 3.50. The van der Waals surface area contributed by atoms with Gasteiger partial charge in [0, 0.05) is 26.7 Å². The number of hydrogen-bond donors (Lipinski definition) is 3. The zero-order valence-electron chi connectivity index (χ0n) is 15.7. The molecule has 0 fully saturated rings. The third-order valence-corrected chi connectivity index (χ3v) is 4.90. The van der Waals surface area contributed by atoms with Crippen molar-refractivity contribution in [3.05, 3.63) is 23.8 Å². The summed E-state index contributed by atoms with van der Waals surface area (Å²) in [6, 6.07) is 5.80. The van der Waals surface area contributed by atoms with Gasteiger partial charge in [0.2, 0.25) is 10.0 Å². The van der Waals surface area contributed by atoms with Crippen molar-refractivity contribution in [2.45, 2.75) is 13.3 Å². The van der Waals surface area contributed by atoms with Crippen molar-refractivity contribution in [2.24, 2.45) is 4.99 Å². The number of nitrogens with one attached hydrogen (secondary N) is 3. The normalized spacial score (nSPS) is 11.5. The number of benzene rings is 1. The molecule has 0 atom stereocenters. The first-order valence-electron chi connectivity index (χ1n) is 8.08. The number of nitrogens with zero attached hydrogens (tertiary/aromatic N) is 1. The standard InChI is InChI=1S/C16H28N4O4S.HI/c1-5-25(21,22)20-11-10-19-16(17-2)18-9-8-13-6-7-14(23-3)15(12-13)24-4;/h6-7,12,20H,5,8-11H2,1-4H3,(H2,17,18,19);1H. The Balaban J connectivity index is 0.00000625. The maximum absolute atomic E-state index is 11.3. The van der Waals surface area contributed by atoms with Crippen molar-refractivity contribution in [3.63, 3.8) is 0 Å². The molecule has 0 bridgehead atoms. The molecule has 0 aliphatic rings. The van der Waals surface area contributed by atoms with E-state index in [1.807, 2.05) is 18.2 Å². The molecule has 150 valence electrons. The van der Waals surface area contributed by atoms with Gasteiger partial charge in [0.1, 0.15) is 0 Å². The number of guanidine groups is 1. The summed E-state index contributed by atoms with van der Waals surface area (Å²) in [5.74, 6) is 2.10. The van der Waals surface area contributed by atoms with Crippen LogP contribution in [0.3, 0.4) is 0 Å². The Labute approximate surface area is 173 Å². The van der Waals surface area contributed by atoms with E-state index in [-0.39, 0.29) is 29.7 Å². The van der Waals surface area contributed by atoms with Crippen LogP contribution in [-0.2, 0) is 16.4 Å². The largest absolute Gasteiger partial charge is 0.493 e. The van der Waals surface area contributed by atoms with Gasteiger partial charge in [0.05, 0.1) is 20.0 Å². The maximum Gasteiger partial charge on any atom is 0.211 e. The van der Waals surface area contributed by atoms with Gasteiger partial charge < -0.3 is 20.1 Å². The molecular formula is C16H29IN4O4S. The van der Waals surface area contributed by atoms with Gasteiger partial charge in [-0.3, -0.25) is 4.99 Å². The Bertz CT molecular complexity index is 668. The van der Waals surface area contributed by atoms with Gasteiger partial charge in [-0.1, -0.05) is 6.07 Å². The van der Waals surface area contributed by atoms with Gasteiger partial charge in [0.15, 0.2) is 17.5 Å². The SMILES string of the molecule is CCS(=O)(=O)NCCNC(=NC)NCCc1ccc(OC)c(OC)c1.I. The highest BCUT2D eigenvalue weighted by atomic mass is 127. The molecule has 8 nitrogen and oxygen atoms in total. The molecule has 0 saturated carbocycles. The molecule has 10 heteroatoms. The molecule has 0 spiro atoms. The first-order valence-corrected chi connectivity index (χ1v) is 9.73. The van der Waals surface area contributed by atoms with Crippen molar-refractivity contribution in [3.8, 4) is 11.5 Å². The fraction of sp³-hybridized carbons (Fsp3) is 0.562. The van der Waals surface area contributed by atoms with E-state index in [0.29, 0.717) is 37.1 Å². The van der Waals surface area contributed by atoms with E-state index in [0.717, 1.165) is 12.0 Å². The number of hydrogen-bond acceptors (Lipinski definition) is 5. The summed E-state index contributed by atoms with van der Waals surface area (Å²) >= 11 is 0. The molecule has 26 heavy (non-hydrogen) atoms. The van der Waals surface area contributed by atoms with Crippen LogP contribution < -0.4 is 24.8 Å². The summed E-state index contributed by atoms with van der Waals surface area (Å²) in [5, 5.41) is 6.25. The fourth-order valence-electron chi connectivity index (χ4n) is 2.07. The monoisotopic (exact) mass is 500 g/mol. The van der Waals surface area contributed by atoms with Crippen LogP contribution in [0.1, 0.15) is 12.5 Å². The summed E-state index contributed by atoms with van der Waals surface area (Å²) in [5.41, 5.74) is 1.11. The van der Waals surface area contributed by atoms with Crippen LogP contribution in [0, 0.1) is 0 Å². The molecule has 1 aromatic carbocycles. The van der Waals surface area contributed by atoms with Gasteiger partial charge in [-0.05, 0) is 31.0 Å². The van der Waals surface area contributed by atoms with Crippen molar-refractivity contribution >= 4 is 40.0 Å². The summed E-state index contributed by atoms with van der Waals surface area (Å²) in [6.07, 6.45) is 0.781. The molecule has 0 saturated heterocycles. The second kappa shape index (κ2) is 13.0. The third kappa shape index (κ3) is 8.90. The van der Waals surface area contributed by atoms with Crippen molar-refractivity contribution < 1.29 is 17.9 Å². The van der Waals surface area contributed by atoms with Gasteiger partial charge in [0.25, 0.3) is 0 Å². The zero-order valence-corrected chi connectivity index (χ0v) is 18.8. The summed E-state index contributed by atoms with van der Waals surface area (Å²) in [6.45, 7) is 3.04. The van der Waals surface area contributed by atoms with E-state index in [9.17, 15) is 8.42 Å². The van der Waals surface area contributed by atoms with Crippen LogP contribution in [-0.4, -0.2) is 61.0 Å². The molecule has 0 unspecified atom stereocenters. The van der Waals surface area contributed by atoms with Crippen molar-refractivity contribution in [2.75, 3.05) is 46.7 Å². The number of methoxy groups -OCH3 is 2. The maximum atomic E-state index is 11.3. The molecule has 3 N–H and O–H groups in total. The highest BCUT2D eigenvalue weighted by Crippen LogP contribution is 2.27. The predicted octanol–water partition coefficient (Wildman–Crippen LogP) is 0.969. The second-order valence-corrected chi connectivity index (χ2v) is 7.26. The first-order chi connectivity index (χ1) is 12.0. The Hall–Kier alpha value is -1.27. The van der Waals surface area contributed by atoms with Crippen LogP contribution >= 0.6 is 24.0 Å². The van der Waals surface area contributed by atoms with E-state index in [1.165, 1.54) is 0 Å². The van der Waals surface area contributed by atoms with Crippen LogP contribution in [0.4, 0.5) is 0 Å². The van der Waals surface area contributed by atoms with E-state index >= 15 is 0 Å². The van der Waals surface area contributed by atoms with E-state index in [1.54, 1.807) is 28.2 Å². The molecule has 0 aliphatic heterocycles. The van der Waals surface area contributed by atoms with Gasteiger partial charge in [-0.15, -0.1) is 24.0 Å². The van der Waals surface area contributed by atoms with Crippen LogP contribution in [0.2, 0.25) is 0 Å². The van der Waals surface area contributed by atoms with Gasteiger partial charge in [-0.2, -0.15) is 0 Å². The van der Waals surface area contributed by atoms with Gasteiger partial charge in [-0.25, -0.2) is 13.1 Å². The lowest BCUT2D eigenvalue weighted by Gasteiger charge is -2.13. The fourth-order valence-corrected chi connectivity index (χ4v) is 2.69. The van der Waals surface area contributed by atoms with E-state index < -0.39 is 10.0 Å². The van der Waals surface area contributed by atoms with E-state index in [2.05, 4.69) is 20.3 Å². The second-order valence-electron chi connectivity index (χ2n) is 5.16. The lowest BCUT2D eigenvalue weighted by Crippen LogP contribution is -2.42. The number of ether oxygens (including phenoxy) is 2. The van der Waals surface area contributed by atoms with Crippen LogP contribution in [0.5, 0.6) is 11.5 Å². The summed E-state index contributed by atoms with van der Waals surface area (Å²) in [7, 11) is 1.72. The molecule has 0 heterocycles. The number of sulfonamides is 1. The quantitative estimate of drug-likeness (QED) is 0.192. The Kier molecular flexibility index (Phi) is 12.3. The Morgan fingerprint density at radius 2 is 1.73 bits per heavy atom. The minimum Gasteiger partial charge on any atom is -0.493 e. The first kappa shape index (κ1) is 24.7. The lowest BCUT2D eigenvalue weighted by molar-refractivity contribution is 0.354. The number of halogens is 1. The molecule has 1 rings (SSSR count). The molecule has 0 radical (unpaired) electrons. The number of rotatable bonds is 10. The van der Waals surface area contributed by atoms with E-state index in [4.69, 9.17) is 9.47 Å². The Morgan fingerprint density at radius 1 is 1.08 bits per heavy atom. The van der Waals surface area contributed by atoms with Crippen molar-refractivity contribution in [1.82, 2.24) is 15.4 Å². The highest BCUT2D eigenvalue weighted by Gasteiger charge is 2.06. The van der Waals surface area contributed by atoms with Crippen molar-refractivity contribution in [1.29, 1.82) is 0 Å². The van der Waals surface area contributed by atoms with Crippen LogP contribution in [0.25, 0.3) is 0 Å². The molecule has 1 aromatic rings. The lowest BCUT2D eigenvalue weighted by atomic mass is 10.1. The van der Waals surface area contributed by atoms with Gasteiger partial charge >= 0.3 is 0 Å². The zero-order chi connectivity index (χ0) is 18.7. The average molecular weight is 500 g/mol. The number of aliphatic imine (C=N–C) groups is 1. The summed E-state index contributed by atoms with van der Waals surface area (Å²) in [4.78, 5) is 4.11. The smallest absolute Gasteiger partial charge is 0.211 e. The highest BCUT2D eigenvalue weighted by molar-refractivity contribution is 14.0. The molecular weight excluding hydrogens is 471 g/mol. The topological polar surface area (TPSA) is 101 Å². The minimum atomic E-state index is -3.16. The minimum absolute atomic E-state index is 0.